The summed E-state index contributed by atoms with van der Waals surface area (Å²) in [5.74, 6) is -0.284. The van der Waals surface area contributed by atoms with Crippen LogP contribution in [0.15, 0.2) is 66.7 Å². The average Bonchev–Trinajstić information content (AvgIpc) is 3.17. The molecule has 4 nitrogen and oxygen atoms in total. The molecule has 0 atom stereocenters. The van der Waals surface area contributed by atoms with E-state index in [0.29, 0.717) is 6.42 Å². The van der Waals surface area contributed by atoms with Gasteiger partial charge in [-0.05, 0) is 53.8 Å². The second kappa shape index (κ2) is 8.99. The van der Waals surface area contributed by atoms with Gasteiger partial charge in [-0.2, -0.15) is 0 Å². The van der Waals surface area contributed by atoms with Crippen LogP contribution in [0.3, 0.4) is 0 Å². The number of fused-ring (bicyclic) bond motifs is 1. The van der Waals surface area contributed by atoms with E-state index >= 15 is 0 Å². The molecule has 3 aromatic carbocycles. The molecule has 154 valence electrons. The maximum atomic E-state index is 13.8. The van der Waals surface area contributed by atoms with Crippen LogP contribution in [0.25, 0.3) is 0 Å². The van der Waals surface area contributed by atoms with Crippen molar-refractivity contribution in [1.82, 2.24) is 0 Å². The zero-order valence-corrected chi connectivity index (χ0v) is 17.0. The van der Waals surface area contributed by atoms with Gasteiger partial charge in [0.25, 0.3) is 0 Å². The summed E-state index contributed by atoms with van der Waals surface area (Å²) in [4.78, 5) is 14.9. The predicted molar refractivity (Wildman–Crippen MR) is 118 cm³/mol. The molecule has 0 aliphatic carbocycles. The third-order valence-corrected chi connectivity index (χ3v) is 5.49. The first-order valence-corrected chi connectivity index (χ1v) is 10.2. The van der Waals surface area contributed by atoms with E-state index in [1.807, 2.05) is 18.2 Å². The summed E-state index contributed by atoms with van der Waals surface area (Å²) in [6.07, 6.45) is 1.80. The first-order valence-electron chi connectivity index (χ1n) is 10.2. The maximum absolute atomic E-state index is 13.8. The second-order valence-electron chi connectivity index (χ2n) is 7.47. The number of nitrogens with zero attached hydrogens (tertiary/aromatic N) is 1. The normalized spacial score (nSPS) is 12.5. The van der Waals surface area contributed by atoms with Crippen LogP contribution in [0.1, 0.15) is 23.1 Å². The van der Waals surface area contributed by atoms with Crippen molar-refractivity contribution in [2.24, 2.45) is 0 Å². The van der Waals surface area contributed by atoms with Crippen LogP contribution in [-0.2, 0) is 24.2 Å². The molecule has 0 unspecified atom stereocenters. The predicted octanol–water partition coefficient (Wildman–Crippen LogP) is 4.97. The molecule has 1 N–H and O–H groups in total. The molecule has 0 saturated heterocycles. The van der Waals surface area contributed by atoms with Crippen molar-refractivity contribution in [3.8, 4) is 5.75 Å². The highest BCUT2D eigenvalue weighted by atomic mass is 19.1. The van der Waals surface area contributed by atoms with E-state index in [-0.39, 0.29) is 18.1 Å². The minimum absolute atomic E-state index is 0.0829. The monoisotopic (exact) mass is 404 g/mol. The van der Waals surface area contributed by atoms with E-state index in [1.54, 1.807) is 12.1 Å². The fourth-order valence-corrected chi connectivity index (χ4v) is 3.89. The molecule has 1 aliphatic heterocycles. The molecule has 4 rings (SSSR count). The largest absolute Gasteiger partial charge is 0.494 e. The third kappa shape index (κ3) is 4.46. The molecule has 0 bridgehead atoms. The van der Waals surface area contributed by atoms with Crippen molar-refractivity contribution in [2.75, 3.05) is 23.9 Å². The number of halogens is 1. The molecule has 0 radical (unpaired) electrons. The van der Waals surface area contributed by atoms with Crippen LogP contribution < -0.4 is 15.0 Å². The Labute approximate surface area is 176 Å². The second-order valence-corrected chi connectivity index (χ2v) is 7.47. The fraction of sp³-hybridized carbons (Fsp3) is 0.240. The van der Waals surface area contributed by atoms with Crippen molar-refractivity contribution in [1.29, 1.82) is 0 Å². The van der Waals surface area contributed by atoms with Crippen LogP contribution in [0.4, 0.5) is 15.8 Å². The van der Waals surface area contributed by atoms with Gasteiger partial charge in [0.2, 0.25) is 5.91 Å². The third-order valence-electron chi connectivity index (χ3n) is 5.49. The zero-order valence-electron chi connectivity index (χ0n) is 17.0. The van der Waals surface area contributed by atoms with Crippen LogP contribution in [0, 0.1) is 5.82 Å². The van der Waals surface area contributed by atoms with Gasteiger partial charge in [-0.1, -0.05) is 42.5 Å². The van der Waals surface area contributed by atoms with Gasteiger partial charge in [0.1, 0.15) is 0 Å². The number of methoxy groups -OCH3 is 1. The van der Waals surface area contributed by atoms with Gasteiger partial charge in [-0.3, -0.25) is 4.79 Å². The van der Waals surface area contributed by atoms with Crippen molar-refractivity contribution < 1.29 is 13.9 Å². The van der Waals surface area contributed by atoms with E-state index in [9.17, 15) is 9.18 Å². The summed E-state index contributed by atoms with van der Waals surface area (Å²) < 4.78 is 18.8. The van der Waals surface area contributed by atoms with Crippen molar-refractivity contribution in [3.63, 3.8) is 0 Å². The molecule has 0 spiro atoms. The van der Waals surface area contributed by atoms with E-state index in [4.69, 9.17) is 4.74 Å². The lowest BCUT2D eigenvalue weighted by molar-refractivity contribution is -0.116. The lowest BCUT2D eigenvalue weighted by Crippen LogP contribution is -2.21. The Kier molecular flexibility index (Phi) is 5.98. The summed E-state index contributed by atoms with van der Waals surface area (Å²) in [5.41, 5.74) is 5.31. The molecule has 1 aliphatic rings. The van der Waals surface area contributed by atoms with Crippen LogP contribution in [-0.4, -0.2) is 19.6 Å². The highest BCUT2D eigenvalue weighted by molar-refractivity contribution is 5.91. The van der Waals surface area contributed by atoms with E-state index in [1.165, 1.54) is 24.4 Å². The Morgan fingerprint density at radius 3 is 2.73 bits per heavy atom. The Morgan fingerprint density at radius 2 is 1.90 bits per heavy atom. The number of amides is 1. The van der Waals surface area contributed by atoms with Gasteiger partial charge < -0.3 is 15.0 Å². The highest BCUT2D eigenvalue weighted by Gasteiger charge is 2.19. The molecule has 30 heavy (non-hydrogen) atoms. The molecule has 1 amide bonds. The molecule has 3 aromatic rings. The summed E-state index contributed by atoms with van der Waals surface area (Å²) in [7, 11) is 1.43. The van der Waals surface area contributed by atoms with Crippen molar-refractivity contribution in [2.45, 2.75) is 25.8 Å². The van der Waals surface area contributed by atoms with Crippen LogP contribution >= 0.6 is 0 Å². The van der Waals surface area contributed by atoms with Crippen LogP contribution in [0.2, 0.25) is 0 Å². The Morgan fingerprint density at radius 1 is 1.10 bits per heavy atom. The molecule has 0 aromatic heterocycles. The summed E-state index contributed by atoms with van der Waals surface area (Å²) >= 11 is 0. The first-order chi connectivity index (χ1) is 14.6. The first kappa shape index (κ1) is 20.0. The van der Waals surface area contributed by atoms with Crippen LogP contribution in [0.5, 0.6) is 5.75 Å². The molecule has 5 heteroatoms. The summed E-state index contributed by atoms with van der Waals surface area (Å²) in [6.45, 7) is 1.72. The minimum atomic E-state index is -0.411. The maximum Gasteiger partial charge on any atom is 0.224 e. The number of para-hydroxylation sites is 2. The number of carbonyl (C=O) groups is 1. The Hall–Kier alpha value is -3.34. The fourth-order valence-electron chi connectivity index (χ4n) is 3.89. The lowest BCUT2D eigenvalue weighted by Gasteiger charge is -2.21. The molecule has 0 saturated carbocycles. The SMILES string of the molecule is COc1ccc(CCC(=O)Nc2ccccc2CN2CCc3ccccc32)cc1F. The van der Waals surface area contributed by atoms with E-state index in [2.05, 4.69) is 40.5 Å². The van der Waals surface area contributed by atoms with Gasteiger partial charge >= 0.3 is 0 Å². The number of hydrogen-bond donors (Lipinski definition) is 1. The standard InChI is InChI=1S/C25H25FN2O2/c1-30-24-12-10-18(16-21(24)26)11-13-25(29)27-22-8-4-2-7-20(22)17-28-15-14-19-6-3-5-9-23(19)28/h2-10,12,16H,11,13-15,17H2,1H3,(H,27,29). The topological polar surface area (TPSA) is 41.6 Å². The smallest absolute Gasteiger partial charge is 0.224 e. The zero-order chi connectivity index (χ0) is 20.9. The van der Waals surface area contributed by atoms with E-state index in [0.717, 1.165) is 36.3 Å². The van der Waals surface area contributed by atoms with Crippen molar-refractivity contribution >= 4 is 17.3 Å². The molecule has 0 fully saturated rings. The highest BCUT2D eigenvalue weighted by Crippen LogP contribution is 2.30. The van der Waals surface area contributed by atoms with Gasteiger partial charge in [0.05, 0.1) is 7.11 Å². The Bertz CT molecular complexity index is 1050. The number of aryl methyl sites for hydroxylation is 1. The number of carbonyl (C=O) groups excluding carboxylic acids is 1. The van der Waals surface area contributed by atoms with Gasteiger partial charge in [0.15, 0.2) is 11.6 Å². The average molecular weight is 404 g/mol. The van der Waals surface area contributed by atoms with Gasteiger partial charge in [-0.25, -0.2) is 4.39 Å². The molecular formula is C25H25FN2O2. The number of anilines is 2. The van der Waals surface area contributed by atoms with Gasteiger partial charge in [0, 0.05) is 30.9 Å². The number of benzene rings is 3. The van der Waals surface area contributed by atoms with Crippen molar-refractivity contribution in [3.05, 3.63) is 89.2 Å². The van der Waals surface area contributed by atoms with Gasteiger partial charge in [-0.15, -0.1) is 0 Å². The van der Waals surface area contributed by atoms with E-state index < -0.39 is 5.82 Å². The summed E-state index contributed by atoms with van der Waals surface area (Å²) in [5, 5.41) is 3.03. The molecule has 1 heterocycles. The summed E-state index contributed by atoms with van der Waals surface area (Å²) in [6, 6.07) is 21.2. The minimum Gasteiger partial charge on any atom is -0.494 e. The number of ether oxygens (including phenoxy) is 1. The number of rotatable bonds is 7. The Balaban J connectivity index is 1.39. The number of nitrogens with one attached hydrogen (secondary N) is 1. The quantitative estimate of drug-likeness (QED) is 0.605. The lowest BCUT2D eigenvalue weighted by atomic mass is 10.1. The molecular weight excluding hydrogens is 379 g/mol. The number of hydrogen-bond acceptors (Lipinski definition) is 3.